The number of hydrazine groups is 1. The van der Waals surface area contributed by atoms with Gasteiger partial charge < -0.3 is 4.74 Å². The van der Waals surface area contributed by atoms with Crippen molar-refractivity contribution in [1.29, 1.82) is 0 Å². The van der Waals surface area contributed by atoms with Gasteiger partial charge in [0, 0.05) is 24.0 Å². The number of hydrogen-bond acceptors (Lipinski definition) is 5. The van der Waals surface area contributed by atoms with Gasteiger partial charge in [0.1, 0.15) is 12.1 Å². The number of nitrogens with two attached hydrogens (primary N) is 1. The Hall–Kier alpha value is -1.98. The lowest BCUT2D eigenvalue weighted by molar-refractivity contribution is 0.414. The fraction of sp³-hybridized carbons (Fsp3) is 0.286. The molecule has 0 amide bonds. The van der Waals surface area contributed by atoms with Gasteiger partial charge in [-0.1, -0.05) is 12.1 Å². The Balaban J connectivity index is 1.96. The van der Waals surface area contributed by atoms with Crippen molar-refractivity contribution in [1.82, 2.24) is 15.4 Å². The third kappa shape index (κ3) is 3.74. The topological polar surface area (TPSA) is 73.1 Å². The number of methoxy groups -OCH3 is 1. The Morgan fingerprint density at radius 1 is 1.21 bits per heavy atom. The fourth-order valence-corrected chi connectivity index (χ4v) is 1.94. The van der Waals surface area contributed by atoms with Gasteiger partial charge in [0.2, 0.25) is 0 Å². The van der Waals surface area contributed by atoms with Gasteiger partial charge in [-0.05, 0) is 30.5 Å². The molecule has 5 nitrogen and oxygen atoms in total. The second kappa shape index (κ2) is 6.82. The normalized spacial score (nSPS) is 12.1. The molecule has 100 valence electrons. The number of hydrogen-bond donors (Lipinski definition) is 2. The van der Waals surface area contributed by atoms with Crippen molar-refractivity contribution in [2.45, 2.75) is 18.9 Å². The van der Waals surface area contributed by atoms with E-state index >= 15 is 0 Å². The molecule has 5 heteroatoms. The van der Waals surface area contributed by atoms with Crippen molar-refractivity contribution in [3.05, 3.63) is 54.1 Å². The second-order valence-electron chi connectivity index (χ2n) is 4.28. The molecule has 2 aromatic rings. The average molecular weight is 258 g/mol. The van der Waals surface area contributed by atoms with Crippen molar-refractivity contribution in [2.24, 2.45) is 5.84 Å². The van der Waals surface area contributed by atoms with Crippen LogP contribution in [0.2, 0.25) is 0 Å². The molecule has 0 fully saturated rings. The molecule has 0 bridgehead atoms. The standard InChI is InChI=1S/C14H18N4O/c1-19-13-5-2-11(3-6-13)4-7-14(18-15)12-8-16-10-17-9-12/h2-3,5-6,8-10,14,18H,4,7,15H2,1H3. The minimum absolute atomic E-state index is 0.0586. The van der Waals surface area contributed by atoms with E-state index in [0.717, 1.165) is 24.2 Å². The van der Waals surface area contributed by atoms with Crippen LogP contribution in [-0.4, -0.2) is 17.1 Å². The van der Waals surface area contributed by atoms with Gasteiger partial charge in [-0.25, -0.2) is 9.97 Å². The largest absolute Gasteiger partial charge is 0.497 e. The number of nitrogens with one attached hydrogen (secondary N) is 1. The second-order valence-corrected chi connectivity index (χ2v) is 4.28. The molecule has 1 aromatic carbocycles. The van der Waals surface area contributed by atoms with Gasteiger partial charge in [0.05, 0.1) is 7.11 Å². The van der Waals surface area contributed by atoms with E-state index in [0.29, 0.717) is 0 Å². The average Bonchev–Trinajstić information content (AvgIpc) is 2.49. The van der Waals surface area contributed by atoms with E-state index in [9.17, 15) is 0 Å². The number of nitrogens with zero attached hydrogens (tertiary/aromatic N) is 2. The van der Waals surface area contributed by atoms with Crippen molar-refractivity contribution in [3.63, 3.8) is 0 Å². The Bertz CT molecular complexity index is 487. The third-order valence-electron chi connectivity index (χ3n) is 3.06. The van der Waals surface area contributed by atoms with E-state index in [2.05, 4.69) is 27.5 Å². The zero-order chi connectivity index (χ0) is 13.5. The summed E-state index contributed by atoms with van der Waals surface area (Å²) in [6.07, 6.45) is 6.89. The Labute approximate surface area is 112 Å². The van der Waals surface area contributed by atoms with Crippen LogP contribution in [0.25, 0.3) is 0 Å². The van der Waals surface area contributed by atoms with Crippen molar-refractivity contribution >= 4 is 0 Å². The molecule has 0 saturated carbocycles. The highest BCUT2D eigenvalue weighted by Gasteiger charge is 2.10. The maximum Gasteiger partial charge on any atom is 0.118 e. The molecule has 1 unspecified atom stereocenters. The molecule has 0 radical (unpaired) electrons. The number of aromatic nitrogens is 2. The lowest BCUT2D eigenvalue weighted by Gasteiger charge is -2.15. The zero-order valence-corrected chi connectivity index (χ0v) is 10.9. The predicted molar refractivity (Wildman–Crippen MR) is 73.4 cm³/mol. The highest BCUT2D eigenvalue weighted by molar-refractivity contribution is 5.27. The number of benzene rings is 1. The highest BCUT2D eigenvalue weighted by atomic mass is 16.5. The van der Waals surface area contributed by atoms with E-state index in [1.807, 2.05) is 12.1 Å². The number of aryl methyl sites for hydroxylation is 1. The van der Waals surface area contributed by atoms with Crippen LogP contribution in [0, 0.1) is 0 Å². The van der Waals surface area contributed by atoms with E-state index in [-0.39, 0.29) is 6.04 Å². The minimum atomic E-state index is 0.0586. The maximum atomic E-state index is 5.59. The zero-order valence-electron chi connectivity index (χ0n) is 10.9. The third-order valence-corrected chi connectivity index (χ3v) is 3.06. The van der Waals surface area contributed by atoms with Crippen molar-refractivity contribution < 1.29 is 4.74 Å². The molecule has 1 atom stereocenters. The van der Waals surface area contributed by atoms with E-state index in [4.69, 9.17) is 10.6 Å². The Kier molecular flexibility index (Phi) is 4.83. The molecule has 0 spiro atoms. The van der Waals surface area contributed by atoms with Crippen LogP contribution in [0.3, 0.4) is 0 Å². The lowest BCUT2D eigenvalue weighted by atomic mass is 10.0. The van der Waals surface area contributed by atoms with Crippen LogP contribution >= 0.6 is 0 Å². The SMILES string of the molecule is COc1ccc(CCC(NN)c2cncnc2)cc1. The summed E-state index contributed by atoms with van der Waals surface area (Å²) >= 11 is 0. The smallest absolute Gasteiger partial charge is 0.118 e. The van der Waals surface area contributed by atoms with Crippen molar-refractivity contribution in [2.75, 3.05) is 7.11 Å². The van der Waals surface area contributed by atoms with Gasteiger partial charge in [0.25, 0.3) is 0 Å². The molecule has 1 aromatic heterocycles. The first-order valence-electron chi connectivity index (χ1n) is 6.17. The van der Waals surface area contributed by atoms with Crippen LogP contribution in [0.1, 0.15) is 23.6 Å². The molecule has 3 N–H and O–H groups in total. The summed E-state index contributed by atoms with van der Waals surface area (Å²) in [5.74, 6) is 6.46. The van der Waals surface area contributed by atoms with Crippen LogP contribution in [0.4, 0.5) is 0 Å². The molecule has 0 saturated heterocycles. The van der Waals surface area contributed by atoms with E-state index in [1.165, 1.54) is 11.9 Å². The van der Waals surface area contributed by atoms with Gasteiger partial charge in [-0.3, -0.25) is 11.3 Å². The fourth-order valence-electron chi connectivity index (χ4n) is 1.94. The molecular formula is C14H18N4O. The number of rotatable bonds is 6. The van der Waals surface area contributed by atoms with Crippen LogP contribution in [-0.2, 0) is 6.42 Å². The molecule has 0 aliphatic carbocycles. The highest BCUT2D eigenvalue weighted by Crippen LogP contribution is 2.18. The summed E-state index contributed by atoms with van der Waals surface area (Å²) in [5.41, 5.74) is 5.05. The van der Waals surface area contributed by atoms with Gasteiger partial charge in [-0.2, -0.15) is 0 Å². The van der Waals surface area contributed by atoms with E-state index in [1.54, 1.807) is 19.5 Å². The lowest BCUT2D eigenvalue weighted by Crippen LogP contribution is -2.28. The summed E-state index contributed by atoms with van der Waals surface area (Å²) < 4.78 is 5.14. The summed E-state index contributed by atoms with van der Waals surface area (Å²) in [7, 11) is 1.67. The van der Waals surface area contributed by atoms with Gasteiger partial charge in [0.15, 0.2) is 0 Å². The first kappa shape index (κ1) is 13.5. The van der Waals surface area contributed by atoms with E-state index < -0.39 is 0 Å². The predicted octanol–water partition coefficient (Wildman–Crippen LogP) is 1.62. The van der Waals surface area contributed by atoms with Gasteiger partial charge in [-0.15, -0.1) is 0 Å². The Morgan fingerprint density at radius 3 is 2.47 bits per heavy atom. The minimum Gasteiger partial charge on any atom is -0.497 e. The van der Waals surface area contributed by atoms with Crippen LogP contribution in [0.5, 0.6) is 5.75 Å². The molecule has 0 aliphatic heterocycles. The van der Waals surface area contributed by atoms with Crippen molar-refractivity contribution in [3.8, 4) is 5.75 Å². The first-order chi connectivity index (χ1) is 9.33. The first-order valence-corrected chi connectivity index (χ1v) is 6.17. The monoisotopic (exact) mass is 258 g/mol. The van der Waals surface area contributed by atoms with Crippen LogP contribution < -0.4 is 16.0 Å². The summed E-state index contributed by atoms with van der Waals surface area (Å²) in [4.78, 5) is 8.02. The number of ether oxygens (including phenoxy) is 1. The van der Waals surface area contributed by atoms with Gasteiger partial charge >= 0.3 is 0 Å². The molecule has 2 rings (SSSR count). The maximum absolute atomic E-state index is 5.59. The van der Waals surface area contributed by atoms with Crippen LogP contribution in [0.15, 0.2) is 43.0 Å². The summed E-state index contributed by atoms with van der Waals surface area (Å²) in [6.45, 7) is 0. The molecular weight excluding hydrogens is 240 g/mol. The Morgan fingerprint density at radius 2 is 1.89 bits per heavy atom. The molecule has 1 heterocycles. The summed E-state index contributed by atoms with van der Waals surface area (Å²) in [5, 5.41) is 0. The molecule has 19 heavy (non-hydrogen) atoms. The summed E-state index contributed by atoms with van der Waals surface area (Å²) in [6, 6.07) is 8.11. The quantitative estimate of drug-likeness (QED) is 0.608. The molecule has 0 aliphatic rings.